The molecule has 0 unspecified atom stereocenters. The molecule has 1 aliphatic rings. The number of hydrogen-bond acceptors (Lipinski definition) is 1. The molecule has 0 aromatic rings. The first-order valence-corrected chi connectivity index (χ1v) is 12.3. The van der Waals surface area contributed by atoms with Gasteiger partial charge in [-0.2, -0.15) is 6.08 Å². The van der Waals surface area contributed by atoms with Crippen LogP contribution in [0.3, 0.4) is 0 Å². The van der Waals surface area contributed by atoms with Crippen molar-refractivity contribution in [2.75, 3.05) is 0 Å². The van der Waals surface area contributed by atoms with Crippen LogP contribution in [0.2, 0.25) is 38.8 Å². The molecule has 0 fully saturated rings. The monoisotopic (exact) mass is 357 g/mol. The van der Waals surface area contributed by atoms with Gasteiger partial charge in [0.25, 0.3) is 0 Å². The van der Waals surface area contributed by atoms with E-state index in [1.54, 1.807) is 0 Å². The Labute approximate surface area is 142 Å². The molecule has 0 aliphatic heterocycles. The SMILES string of the molecule is C[Si](C)(C)O[Si](C)(C)CCC1=[C-]CC=C1.[Cl-].[Cl-].[Ti+3]. The number of rotatable bonds is 5. The quantitative estimate of drug-likeness (QED) is 0.413. The van der Waals surface area contributed by atoms with Gasteiger partial charge < -0.3 is 28.9 Å². The van der Waals surface area contributed by atoms with Gasteiger partial charge in [0.2, 0.25) is 0 Å². The summed E-state index contributed by atoms with van der Waals surface area (Å²) in [6, 6.07) is 1.23. The van der Waals surface area contributed by atoms with Gasteiger partial charge in [0, 0.05) is 0 Å². The summed E-state index contributed by atoms with van der Waals surface area (Å²) in [6.45, 7) is 11.5. The number of hydrogen-bond donors (Lipinski definition) is 0. The van der Waals surface area contributed by atoms with Crippen molar-refractivity contribution in [3.05, 3.63) is 23.8 Å². The first kappa shape index (κ1) is 24.2. The molecule has 1 nitrogen and oxygen atoms in total. The second-order valence-corrected chi connectivity index (χ2v) is 14.8. The predicted octanol–water partition coefficient (Wildman–Crippen LogP) is -1.87. The van der Waals surface area contributed by atoms with Gasteiger partial charge in [-0.15, -0.1) is 6.42 Å². The van der Waals surface area contributed by atoms with Gasteiger partial charge in [-0.1, -0.05) is 6.42 Å². The molecular weight excluding hydrogens is 335 g/mol. The molecule has 1 radical (unpaired) electrons. The van der Waals surface area contributed by atoms with Crippen molar-refractivity contribution >= 4 is 16.6 Å². The summed E-state index contributed by atoms with van der Waals surface area (Å²) < 4.78 is 6.30. The van der Waals surface area contributed by atoms with Gasteiger partial charge in [-0.05, 0) is 38.8 Å². The maximum absolute atomic E-state index is 6.30. The maximum atomic E-state index is 6.30. The molecule has 6 heteroatoms. The minimum atomic E-state index is -1.44. The van der Waals surface area contributed by atoms with Crippen LogP contribution in [0, 0.1) is 6.08 Å². The summed E-state index contributed by atoms with van der Waals surface area (Å²) in [4.78, 5) is 0. The van der Waals surface area contributed by atoms with Crippen molar-refractivity contribution in [2.24, 2.45) is 0 Å². The first-order chi connectivity index (χ1) is 6.79. The molecule has 1 aliphatic carbocycles. The molecule has 0 aromatic heterocycles. The van der Waals surface area contributed by atoms with Crippen molar-refractivity contribution in [1.82, 2.24) is 0 Å². The van der Waals surface area contributed by atoms with Crippen LogP contribution in [0.4, 0.5) is 0 Å². The molecule has 0 N–H and O–H groups in total. The van der Waals surface area contributed by atoms with Gasteiger partial charge in [0.1, 0.15) is 0 Å². The molecule has 0 heterocycles. The van der Waals surface area contributed by atoms with E-state index < -0.39 is 16.6 Å². The molecule has 0 spiro atoms. The molecule has 0 bridgehead atoms. The Morgan fingerprint density at radius 2 is 1.72 bits per heavy atom. The van der Waals surface area contributed by atoms with E-state index in [0.29, 0.717) is 0 Å². The van der Waals surface area contributed by atoms with Crippen molar-refractivity contribution in [3.8, 4) is 0 Å². The van der Waals surface area contributed by atoms with Crippen LogP contribution >= 0.6 is 0 Å². The molecule has 18 heavy (non-hydrogen) atoms. The fraction of sp³-hybridized carbons (Fsp3) is 0.667. The van der Waals surface area contributed by atoms with E-state index in [1.165, 1.54) is 11.6 Å². The average molecular weight is 358 g/mol. The zero-order valence-corrected chi connectivity index (χ0v) is 17.0. The van der Waals surface area contributed by atoms with Crippen LogP contribution in [0.15, 0.2) is 17.7 Å². The second kappa shape index (κ2) is 9.98. The standard InChI is InChI=1S/C12H23OSi2.2ClH.Ti/c1-14(2,3)13-15(4,5)11-10-12-8-6-7-9-12;;;/h6,8H,7,10-11H2,1-5H3;2*1H;/q-1;;;+3/p-2. The van der Waals surface area contributed by atoms with Crippen molar-refractivity contribution in [2.45, 2.75) is 51.6 Å². The molecule has 0 saturated carbocycles. The van der Waals surface area contributed by atoms with Crippen LogP contribution in [-0.2, 0) is 25.8 Å². The Hall–Kier alpha value is 1.17. The van der Waals surface area contributed by atoms with Crippen molar-refractivity contribution in [1.29, 1.82) is 0 Å². The topological polar surface area (TPSA) is 9.23 Å². The van der Waals surface area contributed by atoms with E-state index >= 15 is 0 Å². The molecule has 0 saturated heterocycles. The summed E-state index contributed by atoms with van der Waals surface area (Å²) in [6.07, 6.45) is 9.93. The van der Waals surface area contributed by atoms with Crippen LogP contribution in [0.5, 0.6) is 0 Å². The van der Waals surface area contributed by atoms with Gasteiger partial charge in [-0.3, -0.25) is 6.08 Å². The third-order valence-corrected chi connectivity index (χ3v) is 8.46. The summed E-state index contributed by atoms with van der Waals surface area (Å²) in [5.74, 6) is 0. The maximum Gasteiger partial charge on any atom is 3.00 e. The zero-order valence-electron chi connectivity index (χ0n) is 11.9. The Morgan fingerprint density at radius 3 is 2.11 bits per heavy atom. The van der Waals surface area contributed by atoms with Gasteiger partial charge >= 0.3 is 21.7 Å². The fourth-order valence-electron chi connectivity index (χ4n) is 1.94. The summed E-state index contributed by atoms with van der Waals surface area (Å²) in [5, 5.41) is 0. The normalized spacial score (nSPS) is 14.2. The van der Waals surface area contributed by atoms with Crippen molar-refractivity contribution in [3.63, 3.8) is 0 Å². The average Bonchev–Trinajstić information content (AvgIpc) is 2.47. The molecule has 0 atom stereocenters. The zero-order chi connectivity index (χ0) is 11.5. The van der Waals surface area contributed by atoms with Crippen LogP contribution in [-0.4, -0.2) is 16.6 Å². The van der Waals surface area contributed by atoms with E-state index in [0.717, 1.165) is 12.8 Å². The van der Waals surface area contributed by atoms with Crippen LogP contribution in [0.25, 0.3) is 0 Å². The third-order valence-electron chi connectivity index (χ3n) is 2.34. The summed E-state index contributed by atoms with van der Waals surface area (Å²) in [5.41, 5.74) is 1.38. The summed E-state index contributed by atoms with van der Waals surface area (Å²) >= 11 is 0. The van der Waals surface area contributed by atoms with E-state index in [1.807, 2.05) is 0 Å². The molecule has 0 amide bonds. The largest absolute Gasteiger partial charge is 3.00 e. The molecular formula is C12H23Cl2OSi2Ti. The minimum absolute atomic E-state index is 0. The van der Waals surface area contributed by atoms with E-state index in [2.05, 4.69) is 51.0 Å². The van der Waals surface area contributed by atoms with Gasteiger partial charge in [-0.25, -0.2) is 11.6 Å². The van der Waals surface area contributed by atoms with Crippen LogP contribution < -0.4 is 24.8 Å². The van der Waals surface area contributed by atoms with E-state index in [4.69, 9.17) is 4.12 Å². The minimum Gasteiger partial charge on any atom is -1.00 e. The molecule has 0 aromatic carbocycles. The van der Waals surface area contributed by atoms with Crippen molar-refractivity contribution < 1.29 is 50.6 Å². The Balaban J connectivity index is -0.000000750. The van der Waals surface area contributed by atoms with Gasteiger partial charge in [0.05, 0.1) is 0 Å². The fourth-order valence-corrected chi connectivity index (χ4v) is 9.85. The Morgan fingerprint density at radius 1 is 1.17 bits per heavy atom. The Kier molecular flexibility index (Phi) is 13.4. The summed E-state index contributed by atoms with van der Waals surface area (Å²) in [7, 11) is -2.79. The first-order valence-electron chi connectivity index (χ1n) is 5.75. The van der Waals surface area contributed by atoms with Gasteiger partial charge in [0.15, 0.2) is 16.6 Å². The molecule has 1 rings (SSSR count). The second-order valence-electron chi connectivity index (χ2n) is 5.78. The number of allylic oxidation sites excluding steroid dienone is 4. The molecule has 103 valence electrons. The van der Waals surface area contributed by atoms with Crippen LogP contribution in [0.1, 0.15) is 12.8 Å². The number of halogens is 2. The Bertz CT molecular complexity index is 286. The van der Waals surface area contributed by atoms with E-state index in [9.17, 15) is 0 Å². The van der Waals surface area contributed by atoms with E-state index in [-0.39, 0.29) is 46.5 Å². The predicted molar refractivity (Wildman–Crippen MR) is 71.9 cm³/mol. The smallest absolute Gasteiger partial charge is 1.00 e. The third kappa shape index (κ3) is 11.0.